The summed E-state index contributed by atoms with van der Waals surface area (Å²) in [6.45, 7) is 6.35. The van der Waals surface area contributed by atoms with E-state index in [4.69, 9.17) is 14.6 Å². The van der Waals surface area contributed by atoms with E-state index in [1.54, 1.807) is 20.8 Å². The molecule has 0 bridgehead atoms. The Bertz CT molecular complexity index is 297. The molecule has 0 radical (unpaired) electrons. The van der Waals surface area contributed by atoms with E-state index >= 15 is 0 Å². The number of hydrogen-bond acceptors (Lipinski definition) is 4. The number of nitrogens with zero attached hydrogens (tertiary/aromatic N) is 1. The van der Waals surface area contributed by atoms with Gasteiger partial charge in [0.2, 0.25) is 0 Å². The Hall–Kier alpha value is -1.30. The first kappa shape index (κ1) is 13.8. The van der Waals surface area contributed by atoms with E-state index < -0.39 is 23.7 Å². The number of amides is 1. The van der Waals surface area contributed by atoms with Crippen molar-refractivity contribution >= 4 is 12.1 Å². The van der Waals surface area contributed by atoms with E-state index in [2.05, 4.69) is 0 Å². The molecule has 0 saturated carbocycles. The minimum absolute atomic E-state index is 0.126. The lowest BCUT2D eigenvalue weighted by molar-refractivity contribution is -0.139. The third-order valence-corrected chi connectivity index (χ3v) is 2.27. The van der Waals surface area contributed by atoms with Gasteiger partial charge in [0.05, 0.1) is 25.7 Å². The fourth-order valence-corrected chi connectivity index (χ4v) is 1.59. The van der Waals surface area contributed by atoms with Crippen molar-refractivity contribution in [1.82, 2.24) is 4.90 Å². The van der Waals surface area contributed by atoms with E-state index in [0.29, 0.717) is 13.2 Å². The molecule has 0 aromatic heterocycles. The highest BCUT2D eigenvalue weighted by Gasteiger charge is 2.32. The zero-order valence-corrected chi connectivity index (χ0v) is 10.4. The summed E-state index contributed by atoms with van der Waals surface area (Å²) >= 11 is 0. The summed E-state index contributed by atoms with van der Waals surface area (Å²) < 4.78 is 10.4. The molecular formula is C11H19NO5. The third-order valence-electron chi connectivity index (χ3n) is 2.27. The fourth-order valence-electron chi connectivity index (χ4n) is 1.59. The van der Waals surface area contributed by atoms with Gasteiger partial charge in [0.25, 0.3) is 0 Å². The Morgan fingerprint density at radius 1 is 1.47 bits per heavy atom. The van der Waals surface area contributed by atoms with E-state index in [9.17, 15) is 9.59 Å². The second-order valence-corrected chi connectivity index (χ2v) is 5.00. The van der Waals surface area contributed by atoms with Crippen LogP contribution in [-0.2, 0) is 14.3 Å². The number of morpholine rings is 1. The summed E-state index contributed by atoms with van der Waals surface area (Å²) in [6.07, 6.45) is -0.605. The minimum atomic E-state index is -0.950. The number of rotatable bonds is 2. The quantitative estimate of drug-likeness (QED) is 0.788. The Morgan fingerprint density at radius 2 is 2.12 bits per heavy atom. The lowest BCUT2D eigenvalue weighted by atomic mass is 10.1. The van der Waals surface area contributed by atoms with Crippen LogP contribution in [0.2, 0.25) is 0 Å². The molecule has 1 rings (SSSR count). The number of ether oxygens (including phenoxy) is 2. The monoisotopic (exact) mass is 245 g/mol. The van der Waals surface area contributed by atoms with Crippen LogP contribution in [0.25, 0.3) is 0 Å². The number of carboxylic acid groups (broad SMARTS) is 1. The molecule has 1 N–H and O–H groups in total. The van der Waals surface area contributed by atoms with Gasteiger partial charge in [0, 0.05) is 6.54 Å². The van der Waals surface area contributed by atoms with Gasteiger partial charge < -0.3 is 14.6 Å². The molecule has 1 saturated heterocycles. The summed E-state index contributed by atoms with van der Waals surface area (Å²) in [7, 11) is 0. The summed E-state index contributed by atoms with van der Waals surface area (Å²) in [5.74, 6) is -0.950. The van der Waals surface area contributed by atoms with Gasteiger partial charge in [-0.05, 0) is 20.8 Å². The van der Waals surface area contributed by atoms with Crippen molar-refractivity contribution in [2.75, 3.05) is 19.8 Å². The number of hydrogen-bond donors (Lipinski definition) is 1. The van der Waals surface area contributed by atoms with E-state index in [-0.39, 0.29) is 13.0 Å². The molecule has 17 heavy (non-hydrogen) atoms. The second-order valence-electron chi connectivity index (χ2n) is 5.00. The maximum Gasteiger partial charge on any atom is 0.410 e. The molecule has 6 heteroatoms. The van der Waals surface area contributed by atoms with Crippen molar-refractivity contribution in [1.29, 1.82) is 0 Å². The Balaban J connectivity index is 2.64. The van der Waals surface area contributed by atoms with Crippen molar-refractivity contribution < 1.29 is 24.2 Å². The van der Waals surface area contributed by atoms with E-state index in [1.807, 2.05) is 0 Å². The van der Waals surface area contributed by atoms with Crippen LogP contribution >= 0.6 is 0 Å². The first-order chi connectivity index (χ1) is 7.79. The molecule has 1 fully saturated rings. The molecule has 0 aromatic carbocycles. The highest BCUT2D eigenvalue weighted by atomic mass is 16.6. The Morgan fingerprint density at radius 3 is 2.65 bits per heavy atom. The van der Waals surface area contributed by atoms with Crippen LogP contribution < -0.4 is 0 Å². The predicted octanol–water partition coefficient (Wildman–Crippen LogP) is 1.10. The highest BCUT2D eigenvalue weighted by molar-refractivity contribution is 5.72. The zero-order chi connectivity index (χ0) is 13.1. The number of carbonyl (C=O) groups is 2. The van der Waals surface area contributed by atoms with Crippen molar-refractivity contribution in [2.24, 2.45) is 0 Å². The molecule has 1 heterocycles. The highest BCUT2D eigenvalue weighted by Crippen LogP contribution is 2.16. The molecular weight excluding hydrogens is 226 g/mol. The Labute approximate surface area is 100 Å². The normalized spacial score (nSPS) is 21.1. The fraction of sp³-hybridized carbons (Fsp3) is 0.818. The average molecular weight is 245 g/mol. The smallest absolute Gasteiger partial charge is 0.410 e. The van der Waals surface area contributed by atoms with Gasteiger partial charge in [0.15, 0.2) is 0 Å². The van der Waals surface area contributed by atoms with Crippen LogP contribution in [0.4, 0.5) is 4.79 Å². The number of carboxylic acids is 1. The van der Waals surface area contributed by atoms with Crippen LogP contribution in [0.5, 0.6) is 0 Å². The average Bonchev–Trinajstić information content (AvgIpc) is 2.14. The van der Waals surface area contributed by atoms with E-state index in [1.165, 1.54) is 4.90 Å². The van der Waals surface area contributed by atoms with Gasteiger partial charge in [-0.15, -0.1) is 0 Å². The lowest BCUT2D eigenvalue weighted by Crippen LogP contribution is -2.51. The molecule has 0 aromatic rings. The molecule has 0 spiro atoms. The zero-order valence-electron chi connectivity index (χ0n) is 10.4. The van der Waals surface area contributed by atoms with Crippen LogP contribution in [0, 0.1) is 0 Å². The SMILES string of the molecule is CC(C)(C)OC(=O)N1CCOCC1CC(=O)O. The van der Waals surface area contributed by atoms with Crippen molar-refractivity contribution in [3.63, 3.8) is 0 Å². The summed E-state index contributed by atoms with van der Waals surface area (Å²) in [4.78, 5) is 24.0. The van der Waals surface area contributed by atoms with Crippen molar-refractivity contribution in [3.8, 4) is 0 Å². The van der Waals surface area contributed by atoms with Crippen LogP contribution in [0.3, 0.4) is 0 Å². The minimum Gasteiger partial charge on any atom is -0.481 e. The van der Waals surface area contributed by atoms with Gasteiger partial charge in [-0.25, -0.2) is 4.79 Å². The van der Waals surface area contributed by atoms with Crippen molar-refractivity contribution in [3.05, 3.63) is 0 Å². The van der Waals surface area contributed by atoms with Crippen LogP contribution in [0.15, 0.2) is 0 Å². The standard InChI is InChI=1S/C11H19NO5/c1-11(2,3)17-10(15)12-4-5-16-7-8(12)6-9(13)14/h8H,4-7H2,1-3H3,(H,13,14). The summed E-state index contributed by atoms with van der Waals surface area (Å²) in [5.41, 5.74) is -0.580. The molecule has 1 aliphatic heterocycles. The molecule has 6 nitrogen and oxygen atoms in total. The topological polar surface area (TPSA) is 76.1 Å². The maximum absolute atomic E-state index is 11.9. The second kappa shape index (κ2) is 5.35. The summed E-state index contributed by atoms with van der Waals surface area (Å²) in [5, 5.41) is 8.76. The first-order valence-electron chi connectivity index (χ1n) is 5.59. The van der Waals surface area contributed by atoms with Crippen LogP contribution in [-0.4, -0.2) is 53.5 Å². The molecule has 1 atom stereocenters. The van der Waals surface area contributed by atoms with Gasteiger partial charge in [-0.3, -0.25) is 9.69 Å². The predicted molar refractivity (Wildman–Crippen MR) is 59.8 cm³/mol. The van der Waals surface area contributed by atoms with Gasteiger partial charge in [-0.2, -0.15) is 0 Å². The van der Waals surface area contributed by atoms with Crippen molar-refractivity contribution in [2.45, 2.75) is 38.8 Å². The maximum atomic E-state index is 11.9. The van der Waals surface area contributed by atoms with Crippen LogP contribution in [0.1, 0.15) is 27.2 Å². The molecule has 1 aliphatic rings. The molecule has 98 valence electrons. The molecule has 1 amide bonds. The molecule has 0 aliphatic carbocycles. The summed E-state index contributed by atoms with van der Waals surface area (Å²) in [6, 6.07) is -0.448. The number of aliphatic carboxylic acids is 1. The molecule has 1 unspecified atom stereocenters. The van der Waals surface area contributed by atoms with Gasteiger partial charge >= 0.3 is 12.1 Å². The van der Waals surface area contributed by atoms with Gasteiger partial charge in [-0.1, -0.05) is 0 Å². The lowest BCUT2D eigenvalue weighted by Gasteiger charge is -2.35. The third kappa shape index (κ3) is 4.60. The first-order valence-corrected chi connectivity index (χ1v) is 5.59. The number of carbonyl (C=O) groups excluding carboxylic acids is 1. The Kier molecular flexibility index (Phi) is 4.34. The van der Waals surface area contributed by atoms with E-state index in [0.717, 1.165) is 0 Å². The van der Waals surface area contributed by atoms with Gasteiger partial charge in [0.1, 0.15) is 5.60 Å². The largest absolute Gasteiger partial charge is 0.481 e.